The first-order valence-electron chi connectivity index (χ1n) is 6.94. The second-order valence-corrected chi connectivity index (χ2v) is 6.34. The fourth-order valence-electron chi connectivity index (χ4n) is 2.64. The average molecular weight is 347 g/mol. The molecular weight excluding hydrogens is 326 g/mol. The van der Waals surface area contributed by atoms with Crippen LogP contribution in [0.2, 0.25) is 0 Å². The first-order valence-corrected chi connectivity index (χ1v) is 8.27. The van der Waals surface area contributed by atoms with E-state index in [1.807, 2.05) is 24.3 Å². The van der Waals surface area contributed by atoms with Gasteiger partial charge in [-0.25, -0.2) is 0 Å². The van der Waals surface area contributed by atoms with E-state index < -0.39 is 0 Å². The minimum Gasteiger partial charge on any atom is -0.492 e. The van der Waals surface area contributed by atoms with Gasteiger partial charge in [-0.2, -0.15) is 0 Å². The summed E-state index contributed by atoms with van der Waals surface area (Å²) in [6, 6.07) is 7.94. The third-order valence-electron chi connectivity index (χ3n) is 3.78. The lowest BCUT2D eigenvalue weighted by molar-refractivity contribution is 0.302. The molecule has 106 valence electrons. The lowest BCUT2D eigenvalue weighted by atomic mass is 9.98. The van der Waals surface area contributed by atoms with Gasteiger partial charge in [-0.05, 0) is 55.5 Å². The Morgan fingerprint density at radius 1 is 1.21 bits per heavy atom. The van der Waals surface area contributed by atoms with Gasteiger partial charge in [-0.15, -0.1) is 11.6 Å². The van der Waals surface area contributed by atoms with E-state index in [4.69, 9.17) is 16.3 Å². The van der Waals surface area contributed by atoms with Crippen LogP contribution in [0.5, 0.6) is 5.75 Å². The molecule has 0 amide bonds. The van der Waals surface area contributed by atoms with Crippen LogP contribution < -0.4 is 10.1 Å². The molecule has 1 fully saturated rings. The molecule has 2 rings (SSSR count). The first-order chi connectivity index (χ1) is 9.29. The second kappa shape index (κ2) is 8.13. The fraction of sp³-hybridized carbons (Fsp3) is 0.600. The quantitative estimate of drug-likeness (QED) is 0.593. The maximum atomic E-state index is 5.98. The summed E-state index contributed by atoms with van der Waals surface area (Å²) >= 11 is 9.39. The summed E-state index contributed by atoms with van der Waals surface area (Å²) in [4.78, 5) is 0. The Kier molecular flexibility index (Phi) is 6.48. The Balaban J connectivity index is 1.58. The topological polar surface area (TPSA) is 21.3 Å². The average Bonchev–Trinajstić information content (AvgIpc) is 2.88. The highest BCUT2D eigenvalue weighted by molar-refractivity contribution is 9.10. The van der Waals surface area contributed by atoms with E-state index in [0.29, 0.717) is 12.5 Å². The van der Waals surface area contributed by atoms with Crippen LogP contribution in [0.4, 0.5) is 0 Å². The largest absolute Gasteiger partial charge is 0.492 e. The molecule has 0 bridgehead atoms. The van der Waals surface area contributed by atoms with Gasteiger partial charge in [0.25, 0.3) is 0 Å². The normalized spacial score (nSPS) is 22.6. The Hall–Kier alpha value is -0.250. The molecule has 0 aromatic heterocycles. The van der Waals surface area contributed by atoms with E-state index in [9.17, 15) is 0 Å². The van der Waals surface area contributed by atoms with Crippen LogP contribution in [-0.4, -0.2) is 25.6 Å². The van der Waals surface area contributed by atoms with Crippen molar-refractivity contribution in [3.05, 3.63) is 28.7 Å². The summed E-state index contributed by atoms with van der Waals surface area (Å²) in [5, 5.41) is 3.48. The van der Waals surface area contributed by atoms with Crippen molar-refractivity contribution in [2.45, 2.75) is 19.3 Å². The number of ether oxygens (including phenoxy) is 1. The minimum atomic E-state index is 0.708. The molecule has 0 aliphatic heterocycles. The van der Waals surface area contributed by atoms with Gasteiger partial charge in [-0.3, -0.25) is 0 Å². The van der Waals surface area contributed by atoms with Crippen molar-refractivity contribution >= 4 is 27.5 Å². The van der Waals surface area contributed by atoms with Crippen LogP contribution in [-0.2, 0) is 0 Å². The monoisotopic (exact) mass is 345 g/mol. The molecule has 0 radical (unpaired) electrons. The Bertz CT molecular complexity index is 371. The number of hydrogen-bond donors (Lipinski definition) is 1. The standard InChI is InChI=1S/C15H21BrClNO/c16-14-4-6-15(7-5-14)19-9-8-18-11-13-3-1-2-12(13)10-17/h4-7,12-13,18H,1-3,8-11H2. The number of nitrogens with one attached hydrogen (secondary N) is 1. The number of rotatable bonds is 7. The van der Waals surface area contributed by atoms with Crippen molar-refractivity contribution < 1.29 is 4.74 Å². The highest BCUT2D eigenvalue weighted by atomic mass is 79.9. The minimum absolute atomic E-state index is 0.708. The van der Waals surface area contributed by atoms with Gasteiger partial charge in [0.2, 0.25) is 0 Å². The molecular formula is C15H21BrClNO. The van der Waals surface area contributed by atoms with Gasteiger partial charge < -0.3 is 10.1 Å². The van der Waals surface area contributed by atoms with E-state index in [1.54, 1.807) is 0 Å². The smallest absolute Gasteiger partial charge is 0.119 e. The summed E-state index contributed by atoms with van der Waals surface area (Å²) in [5.41, 5.74) is 0. The van der Waals surface area contributed by atoms with Crippen molar-refractivity contribution in [2.24, 2.45) is 11.8 Å². The molecule has 1 N–H and O–H groups in total. The SMILES string of the molecule is ClCC1CCCC1CNCCOc1ccc(Br)cc1. The summed E-state index contributed by atoms with van der Waals surface area (Å²) in [7, 11) is 0. The predicted octanol–water partition coefficient (Wildman–Crippen LogP) is 4.07. The molecule has 1 aromatic rings. The Morgan fingerprint density at radius 2 is 1.95 bits per heavy atom. The van der Waals surface area contributed by atoms with Crippen molar-refractivity contribution in [2.75, 3.05) is 25.6 Å². The lowest BCUT2D eigenvalue weighted by Gasteiger charge is -2.17. The molecule has 1 saturated carbocycles. The van der Waals surface area contributed by atoms with Gasteiger partial charge >= 0.3 is 0 Å². The van der Waals surface area contributed by atoms with Gasteiger partial charge in [0.15, 0.2) is 0 Å². The number of hydrogen-bond acceptors (Lipinski definition) is 2. The van der Waals surface area contributed by atoms with Crippen molar-refractivity contribution in [3.8, 4) is 5.75 Å². The zero-order chi connectivity index (χ0) is 13.5. The summed E-state index contributed by atoms with van der Waals surface area (Å²) < 4.78 is 6.74. The third kappa shape index (κ3) is 4.97. The maximum absolute atomic E-state index is 5.98. The molecule has 2 nitrogen and oxygen atoms in total. The number of alkyl halides is 1. The molecule has 19 heavy (non-hydrogen) atoms. The van der Waals surface area contributed by atoms with E-state index in [1.165, 1.54) is 19.3 Å². The van der Waals surface area contributed by atoms with Gasteiger partial charge in [0.05, 0.1) is 0 Å². The molecule has 4 heteroatoms. The lowest BCUT2D eigenvalue weighted by Crippen LogP contribution is -2.29. The summed E-state index contributed by atoms with van der Waals surface area (Å²) in [5.74, 6) is 3.19. The van der Waals surface area contributed by atoms with Crippen molar-refractivity contribution in [1.82, 2.24) is 5.32 Å². The van der Waals surface area contributed by atoms with E-state index >= 15 is 0 Å². The van der Waals surface area contributed by atoms with Gasteiger partial charge in [0.1, 0.15) is 12.4 Å². The van der Waals surface area contributed by atoms with E-state index in [2.05, 4.69) is 21.2 Å². The molecule has 0 spiro atoms. The molecule has 1 aliphatic carbocycles. The molecule has 1 aromatic carbocycles. The third-order valence-corrected chi connectivity index (χ3v) is 4.71. The summed E-state index contributed by atoms with van der Waals surface area (Å²) in [6.07, 6.45) is 3.95. The zero-order valence-corrected chi connectivity index (χ0v) is 13.4. The zero-order valence-electron chi connectivity index (χ0n) is 11.1. The molecule has 2 atom stereocenters. The molecule has 2 unspecified atom stereocenters. The summed E-state index contributed by atoms with van der Waals surface area (Å²) in [6.45, 7) is 2.67. The van der Waals surface area contributed by atoms with Gasteiger partial charge in [-0.1, -0.05) is 22.4 Å². The van der Waals surface area contributed by atoms with Crippen molar-refractivity contribution in [3.63, 3.8) is 0 Å². The number of benzene rings is 1. The second-order valence-electron chi connectivity index (χ2n) is 5.11. The molecule has 1 aliphatic rings. The first kappa shape index (κ1) is 15.1. The molecule has 0 heterocycles. The number of halogens is 2. The van der Waals surface area contributed by atoms with Gasteiger partial charge in [0, 0.05) is 16.9 Å². The predicted molar refractivity (Wildman–Crippen MR) is 84.1 cm³/mol. The fourth-order valence-corrected chi connectivity index (χ4v) is 3.32. The maximum Gasteiger partial charge on any atom is 0.119 e. The van der Waals surface area contributed by atoms with Crippen LogP contribution in [0, 0.1) is 11.8 Å². The van der Waals surface area contributed by atoms with Crippen LogP contribution in [0.25, 0.3) is 0 Å². The highest BCUT2D eigenvalue weighted by Gasteiger charge is 2.25. The van der Waals surface area contributed by atoms with Crippen LogP contribution in [0.3, 0.4) is 0 Å². The van der Waals surface area contributed by atoms with Crippen LogP contribution in [0.15, 0.2) is 28.7 Å². The highest BCUT2D eigenvalue weighted by Crippen LogP contribution is 2.31. The van der Waals surface area contributed by atoms with Crippen molar-refractivity contribution in [1.29, 1.82) is 0 Å². The molecule has 0 saturated heterocycles. The Morgan fingerprint density at radius 3 is 2.68 bits per heavy atom. The van der Waals surface area contributed by atoms with E-state index in [-0.39, 0.29) is 0 Å². The van der Waals surface area contributed by atoms with E-state index in [0.717, 1.165) is 35.1 Å². The van der Waals surface area contributed by atoms with Crippen LogP contribution >= 0.6 is 27.5 Å². The Labute approximate surface area is 129 Å². The van der Waals surface area contributed by atoms with Crippen LogP contribution in [0.1, 0.15) is 19.3 Å².